The number of ether oxygens (including phenoxy) is 1. The van der Waals surface area contributed by atoms with Crippen molar-refractivity contribution in [3.63, 3.8) is 0 Å². The molecule has 0 saturated heterocycles. The number of esters is 1. The number of nitrogens with one attached hydrogen (secondary N) is 1. The Morgan fingerprint density at radius 3 is 2.53 bits per heavy atom. The number of carbonyl (C=O) groups excluding carboxylic acids is 2. The van der Waals surface area contributed by atoms with E-state index in [0.29, 0.717) is 15.7 Å². The number of halogens is 2. The molecule has 0 aromatic heterocycles. The first kappa shape index (κ1) is 15.5. The summed E-state index contributed by atoms with van der Waals surface area (Å²) in [4.78, 5) is 22.6. The monoisotopic (exact) mass is 301 g/mol. The number of benzene rings is 1. The number of hydrogen-bond acceptors (Lipinski definition) is 3. The highest BCUT2D eigenvalue weighted by Gasteiger charge is 2.06. The molecule has 0 aliphatic heterocycles. The predicted octanol–water partition coefficient (Wildman–Crippen LogP) is 3.36. The van der Waals surface area contributed by atoms with Gasteiger partial charge in [-0.2, -0.15) is 0 Å². The summed E-state index contributed by atoms with van der Waals surface area (Å²) in [7, 11) is 0. The molecule has 1 aromatic rings. The maximum absolute atomic E-state index is 11.6. The molecule has 1 N–H and O–H groups in total. The van der Waals surface area contributed by atoms with Gasteiger partial charge in [0.25, 0.3) is 0 Å². The van der Waals surface area contributed by atoms with Crippen LogP contribution < -0.4 is 5.32 Å². The van der Waals surface area contributed by atoms with Crippen LogP contribution in [0.5, 0.6) is 0 Å². The Morgan fingerprint density at radius 1 is 1.26 bits per heavy atom. The number of anilines is 1. The van der Waals surface area contributed by atoms with Crippen LogP contribution in [0.25, 0.3) is 0 Å². The van der Waals surface area contributed by atoms with Crippen molar-refractivity contribution in [2.75, 3.05) is 11.9 Å². The number of aryl methyl sites for hydroxylation is 1. The summed E-state index contributed by atoms with van der Waals surface area (Å²) >= 11 is 11.7. The minimum atomic E-state index is -0.566. The van der Waals surface area contributed by atoms with Gasteiger partial charge in [-0.1, -0.05) is 23.2 Å². The van der Waals surface area contributed by atoms with Crippen LogP contribution in [0.15, 0.2) is 24.3 Å². The SMILES string of the molecule is CCOC(=O)/C=C\C(=O)Nc1cc(Cl)c(Cl)cc1C. The first-order valence-corrected chi connectivity index (χ1v) is 6.31. The minimum Gasteiger partial charge on any atom is -0.463 e. The highest BCUT2D eigenvalue weighted by Crippen LogP contribution is 2.28. The maximum Gasteiger partial charge on any atom is 0.330 e. The molecule has 102 valence electrons. The van der Waals surface area contributed by atoms with Gasteiger partial charge in [0.15, 0.2) is 0 Å². The van der Waals surface area contributed by atoms with Crippen LogP contribution in [0, 0.1) is 6.92 Å². The van der Waals surface area contributed by atoms with E-state index in [-0.39, 0.29) is 6.61 Å². The molecule has 19 heavy (non-hydrogen) atoms. The summed E-state index contributed by atoms with van der Waals surface area (Å²) in [6, 6.07) is 3.20. The van der Waals surface area contributed by atoms with Crippen LogP contribution in [-0.2, 0) is 14.3 Å². The van der Waals surface area contributed by atoms with Gasteiger partial charge >= 0.3 is 5.97 Å². The van der Waals surface area contributed by atoms with Crippen molar-refractivity contribution in [3.8, 4) is 0 Å². The second-order valence-electron chi connectivity index (χ2n) is 3.66. The van der Waals surface area contributed by atoms with Gasteiger partial charge in [-0.3, -0.25) is 4.79 Å². The van der Waals surface area contributed by atoms with Crippen LogP contribution in [0.2, 0.25) is 10.0 Å². The van der Waals surface area contributed by atoms with Crippen LogP contribution in [0.4, 0.5) is 5.69 Å². The van der Waals surface area contributed by atoms with Crippen molar-refractivity contribution in [1.82, 2.24) is 0 Å². The van der Waals surface area contributed by atoms with E-state index in [1.54, 1.807) is 26.0 Å². The number of carbonyl (C=O) groups is 2. The molecular weight excluding hydrogens is 289 g/mol. The fourth-order valence-corrected chi connectivity index (χ4v) is 1.67. The molecule has 4 nitrogen and oxygen atoms in total. The second kappa shape index (κ2) is 7.16. The van der Waals surface area contributed by atoms with Crippen LogP contribution in [0.1, 0.15) is 12.5 Å². The summed E-state index contributed by atoms with van der Waals surface area (Å²) in [5.41, 5.74) is 1.31. The standard InChI is InChI=1S/C13H13Cl2NO3/c1-3-19-13(18)5-4-12(17)16-11-7-10(15)9(14)6-8(11)2/h4-7H,3H2,1-2H3,(H,16,17)/b5-4-. The van der Waals surface area contributed by atoms with E-state index in [4.69, 9.17) is 23.2 Å². The van der Waals surface area contributed by atoms with E-state index >= 15 is 0 Å². The molecule has 1 amide bonds. The first-order valence-electron chi connectivity index (χ1n) is 5.55. The van der Waals surface area contributed by atoms with E-state index < -0.39 is 11.9 Å². The predicted molar refractivity (Wildman–Crippen MR) is 75.6 cm³/mol. The number of amides is 1. The van der Waals surface area contributed by atoms with Crippen LogP contribution in [0.3, 0.4) is 0 Å². The smallest absolute Gasteiger partial charge is 0.330 e. The van der Waals surface area contributed by atoms with Gasteiger partial charge in [0, 0.05) is 17.8 Å². The number of hydrogen-bond donors (Lipinski definition) is 1. The molecule has 0 fully saturated rings. The molecule has 6 heteroatoms. The van der Waals surface area contributed by atoms with Crippen LogP contribution in [-0.4, -0.2) is 18.5 Å². The van der Waals surface area contributed by atoms with Gasteiger partial charge < -0.3 is 10.1 Å². The lowest BCUT2D eigenvalue weighted by molar-refractivity contribution is -0.137. The van der Waals surface area contributed by atoms with E-state index in [1.165, 1.54) is 0 Å². The van der Waals surface area contributed by atoms with Crippen molar-refractivity contribution < 1.29 is 14.3 Å². The third-order valence-electron chi connectivity index (χ3n) is 2.18. The zero-order valence-electron chi connectivity index (χ0n) is 10.5. The van der Waals surface area contributed by atoms with Crippen molar-refractivity contribution in [3.05, 3.63) is 39.9 Å². The lowest BCUT2D eigenvalue weighted by Gasteiger charge is -2.08. The third-order valence-corrected chi connectivity index (χ3v) is 2.90. The van der Waals surface area contributed by atoms with E-state index in [1.807, 2.05) is 0 Å². The molecule has 0 aliphatic carbocycles. The van der Waals surface area contributed by atoms with Gasteiger partial charge in [-0.05, 0) is 31.5 Å². The quantitative estimate of drug-likeness (QED) is 0.685. The van der Waals surface area contributed by atoms with E-state index in [0.717, 1.165) is 17.7 Å². The third kappa shape index (κ3) is 4.93. The van der Waals surface area contributed by atoms with Gasteiger partial charge in [0.05, 0.1) is 16.7 Å². The van der Waals surface area contributed by atoms with E-state index in [2.05, 4.69) is 10.1 Å². The molecule has 0 heterocycles. The average molecular weight is 302 g/mol. The normalized spacial score (nSPS) is 10.5. The molecular formula is C13H13Cl2NO3. The van der Waals surface area contributed by atoms with Crippen LogP contribution >= 0.6 is 23.2 Å². The summed E-state index contributed by atoms with van der Waals surface area (Å²) in [6.07, 6.45) is 2.16. The molecule has 0 bridgehead atoms. The Labute approximate surface area is 121 Å². The first-order chi connectivity index (χ1) is 8.93. The molecule has 0 spiro atoms. The average Bonchev–Trinajstić information content (AvgIpc) is 2.34. The van der Waals surface area contributed by atoms with Gasteiger partial charge in [0.2, 0.25) is 5.91 Å². The zero-order valence-corrected chi connectivity index (χ0v) is 12.0. The molecule has 0 radical (unpaired) electrons. The summed E-state index contributed by atoms with van der Waals surface area (Å²) in [6.45, 7) is 3.73. The van der Waals surface area contributed by atoms with Crippen molar-refractivity contribution in [2.45, 2.75) is 13.8 Å². The van der Waals surface area contributed by atoms with Gasteiger partial charge in [-0.15, -0.1) is 0 Å². The Hall–Kier alpha value is -1.52. The topological polar surface area (TPSA) is 55.4 Å². The van der Waals surface area contributed by atoms with Gasteiger partial charge in [0.1, 0.15) is 0 Å². The Balaban J connectivity index is 2.72. The highest BCUT2D eigenvalue weighted by atomic mass is 35.5. The molecule has 1 aromatic carbocycles. The Morgan fingerprint density at radius 2 is 1.89 bits per heavy atom. The maximum atomic E-state index is 11.6. The second-order valence-corrected chi connectivity index (χ2v) is 4.47. The summed E-state index contributed by atoms with van der Waals surface area (Å²) < 4.78 is 4.66. The van der Waals surface area contributed by atoms with Crippen molar-refractivity contribution in [2.24, 2.45) is 0 Å². The fourth-order valence-electron chi connectivity index (χ4n) is 1.29. The van der Waals surface area contributed by atoms with Gasteiger partial charge in [-0.25, -0.2) is 4.79 Å². The van der Waals surface area contributed by atoms with Crippen molar-refractivity contribution >= 4 is 40.8 Å². The lowest BCUT2D eigenvalue weighted by Crippen LogP contribution is -2.10. The molecule has 0 aliphatic rings. The summed E-state index contributed by atoms with van der Waals surface area (Å²) in [5, 5.41) is 3.36. The molecule has 0 saturated carbocycles. The fraction of sp³-hybridized carbons (Fsp3) is 0.231. The largest absolute Gasteiger partial charge is 0.463 e. The Kier molecular flexibility index (Phi) is 5.86. The highest BCUT2D eigenvalue weighted by molar-refractivity contribution is 6.42. The lowest BCUT2D eigenvalue weighted by atomic mass is 10.2. The van der Waals surface area contributed by atoms with E-state index in [9.17, 15) is 9.59 Å². The van der Waals surface area contributed by atoms with Crippen molar-refractivity contribution in [1.29, 1.82) is 0 Å². The summed E-state index contributed by atoms with van der Waals surface area (Å²) in [5.74, 6) is -1.02. The Bertz CT molecular complexity index is 527. The number of rotatable bonds is 4. The molecule has 0 unspecified atom stereocenters. The molecule has 0 atom stereocenters. The zero-order chi connectivity index (χ0) is 14.4. The minimum absolute atomic E-state index is 0.261. The molecule has 1 rings (SSSR count).